The van der Waals surface area contributed by atoms with Crippen LogP contribution in [0.5, 0.6) is 5.75 Å². The summed E-state index contributed by atoms with van der Waals surface area (Å²) in [7, 11) is 0. The summed E-state index contributed by atoms with van der Waals surface area (Å²) in [4.78, 5) is 24.1. The van der Waals surface area contributed by atoms with Gasteiger partial charge in [0.1, 0.15) is 5.75 Å². The van der Waals surface area contributed by atoms with E-state index in [4.69, 9.17) is 27.9 Å². The molecule has 0 unspecified atom stereocenters. The third-order valence-corrected chi connectivity index (χ3v) is 4.45. The molecule has 2 amide bonds. The van der Waals surface area contributed by atoms with Crippen molar-refractivity contribution in [2.75, 3.05) is 0 Å². The Bertz CT molecular complexity index is 809. The molecule has 5 nitrogen and oxygen atoms in total. The summed E-state index contributed by atoms with van der Waals surface area (Å²) in [6.07, 6.45) is -0.783. The molecule has 2 aromatic carbocycles. The molecular weight excluding hydrogens is 363 g/mol. The third-order valence-electron chi connectivity index (χ3n) is 3.71. The lowest BCUT2D eigenvalue weighted by Crippen LogP contribution is -2.47. The molecule has 0 saturated carbocycles. The molecule has 0 aliphatic heterocycles. The van der Waals surface area contributed by atoms with Gasteiger partial charge in [-0.05, 0) is 56.2 Å². The number of rotatable bonds is 4. The lowest BCUT2D eigenvalue weighted by Gasteiger charge is -2.17. The zero-order valence-corrected chi connectivity index (χ0v) is 15.5. The van der Waals surface area contributed by atoms with Crippen molar-refractivity contribution in [2.24, 2.45) is 0 Å². The highest BCUT2D eigenvalue weighted by molar-refractivity contribution is 6.42. The summed E-state index contributed by atoms with van der Waals surface area (Å²) in [6.45, 7) is 5.48. The Morgan fingerprint density at radius 3 is 2.44 bits per heavy atom. The first-order valence-electron chi connectivity index (χ1n) is 7.57. The van der Waals surface area contributed by atoms with Crippen LogP contribution in [0.3, 0.4) is 0 Å². The van der Waals surface area contributed by atoms with E-state index in [1.165, 1.54) is 18.2 Å². The normalized spacial score (nSPS) is 11.6. The maximum Gasteiger partial charge on any atom is 0.279 e. The molecule has 0 aliphatic carbocycles. The van der Waals surface area contributed by atoms with Crippen LogP contribution in [0.25, 0.3) is 0 Å². The van der Waals surface area contributed by atoms with E-state index >= 15 is 0 Å². The zero-order chi connectivity index (χ0) is 18.6. The van der Waals surface area contributed by atoms with Gasteiger partial charge in [-0.2, -0.15) is 0 Å². The number of hydrogen-bond acceptors (Lipinski definition) is 3. The van der Waals surface area contributed by atoms with Gasteiger partial charge < -0.3 is 4.74 Å². The number of carbonyl (C=O) groups is 2. The minimum absolute atomic E-state index is 0.257. The highest BCUT2D eigenvalue weighted by atomic mass is 35.5. The minimum atomic E-state index is -0.783. The first-order valence-corrected chi connectivity index (χ1v) is 8.33. The van der Waals surface area contributed by atoms with Gasteiger partial charge in [-0.25, -0.2) is 0 Å². The number of benzene rings is 2. The Labute approximate surface area is 156 Å². The molecule has 25 heavy (non-hydrogen) atoms. The average Bonchev–Trinajstić information content (AvgIpc) is 2.58. The summed E-state index contributed by atoms with van der Waals surface area (Å²) >= 11 is 11.7. The van der Waals surface area contributed by atoms with Gasteiger partial charge in [-0.15, -0.1) is 0 Å². The van der Waals surface area contributed by atoms with Crippen molar-refractivity contribution in [1.29, 1.82) is 0 Å². The lowest BCUT2D eigenvalue weighted by molar-refractivity contribution is -0.128. The van der Waals surface area contributed by atoms with E-state index in [9.17, 15) is 9.59 Å². The lowest BCUT2D eigenvalue weighted by atomic mass is 10.1. The van der Waals surface area contributed by atoms with Gasteiger partial charge in [0, 0.05) is 5.56 Å². The van der Waals surface area contributed by atoms with Crippen LogP contribution in [0.15, 0.2) is 36.4 Å². The van der Waals surface area contributed by atoms with Gasteiger partial charge in [0.05, 0.1) is 10.0 Å². The van der Waals surface area contributed by atoms with Crippen LogP contribution in [0.2, 0.25) is 10.0 Å². The zero-order valence-electron chi connectivity index (χ0n) is 14.0. The molecule has 0 saturated heterocycles. The second-order valence-corrected chi connectivity index (χ2v) is 6.34. The van der Waals surface area contributed by atoms with E-state index < -0.39 is 17.9 Å². The standard InChI is InChI=1S/C18H18Cl2N2O3/c1-10-5-4-6-16(11(10)2)25-12(3)17(23)21-22-18(24)13-7-8-14(19)15(20)9-13/h4-9,12H,1-3H3,(H,21,23)(H,22,24)/t12-/m0/s1. The highest BCUT2D eigenvalue weighted by Crippen LogP contribution is 2.23. The fraction of sp³-hybridized carbons (Fsp3) is 0.222. The number of ether oxygens (including phenoxy) is 1. The Balaban J connectivity index is 1.93. The van der Waals surface area contributed by atoms with E-state index in [1.54, 1.807) is 13.0 Å². The number of nitrogens with one attached hydrogen (secondary N) is 2. The molecule has 2 N–H and O–H groups in total. The summed E-state index contributed by atoms with van der Waals surface area (Å²) in [6, 6.07) is 10.0. The third kappa shape index (κ3) is 4.87. The summed E-state index contributed by atoms with van der Waals surface area (Å²) in [5, 5.41) is 0.602. The van der Waals surface area contributed by atoms with Crippen LogP contribution in [0.4, 0.5) is 0 Å². The molecule has 0 heterocycles. The highest BCUT2D eigenvalue weighted by Gasteiger charge is 2.17. The van der Waals surface area contributed by atoms with Crippen molar-refractivity contribution in [3.63, 3.8) is 0 Å². The smallest absolute Gasteiger partial charge is 0.279 e. The molecule has 0 aromatic heterocycles. The van der Waals surface area contributed by atoms with Crippen molar-refractivity contribution in [2.45, 2.75) is 26.9 Å². The SMILES string of the molecule is Cc1cccc(O[C@@H](C)C(=O)NNC(=O)c2ccc(Cl)c(Cl)c2)c1C. The molecule has 132 valence electrons. The van der Waals surface area contributed by atoms with Crippen molar-refractivity contribution < 1.29 is 14.3 Å². The summed E-state index contributed by atoms with van der Waals surface area (Å²) < 4.78 is 5.66. The average molecular weight is 381 g/mol. The number of hydrazine groups is 1. The first kappa shape index (κ1) is 19.1. The number of hydrogen-bond donors (Lipinski definition) is 2. The maximum atomic E-state index is 12.1. The number of carbonyl (C=O) groups excluding carboxylic acids is 2. The molecule has 0 spiro atoms. The second kappa shape index (κ2) is 8.23. The van der Waals surface area contributed by atoms with Gasteiger partial charge in [0.25, 0.3) is 11.8 Å². The molecule has 0 radical (unpaired) electrons. The van der Waals surface area contributed by atoms with E-state index in [1.807, 2.05) is 26.0 Å². The van der Waals surface area contributed by atoms with Crippen LogP contribution >= 0.6 is 23.2 Å². The van der Waals surface area contributed by atoms with Gasteiger partial charge >= 0.3 is 0 Å². The molecule has 2 rings (SSSR count). The van der Waals surface area contributed by atoms with Crippen molar-refractivity contribution in [1.82, 2.24) is 10.9 Å². The van der Waals surface area contributed by atoms with Crippen molar-refractivity contribution >= 4 is 35.0 Å². The van der Waals surface area contributed by atoms with Crippen LogP contribution in [-0.4, -0.2) is 17.9 Å². The molecule has 0 aliphatic rings. The molecule has 2 aromatic rings. The first-order chi connectivity index (χ1) is 11.8. The van der Waals surface area contributed by atoms with E-state index in [0.29, 0.717) is 10.8 Å². The van der Waals surface area contributed by atoms with Crippen LogP contribution in [0, 0.1) is 13.8 Å². The molecular formula is C18H18Cl2N2O3. The fourth-order valence-corrected chi connectivity index (χ4v) is 2.32. The summed E-state index contributed by atoms with van der Waals surface area (Å²) in [5.74, 6) is -0.362. The maximum absolute atomic E-state index is 12.1. The van der Waals surface area contributed by atoms with Gasteiger partial charge in [-0.1, -0.05) is 35.3 Å². The molecule has 7 heteroatoms. The van der Waals surface area contributed by atoms with E-state index in [-0.39, 0.29) is 10.6 Å². The summed E-state index contributed by atoms with van der Waals surface area (Å²) in [5.41, 5.74) is 6.95. The Morgan fingerprint density at radius 1 is 1.04 bits per heavy atom. The van der Waals surface area contributed by atoms with Crippen LogP contribution in [0.1, 0.15) is 28.4 Å². The van der Waals surface area contributed by atoms with Crippen LogP contribution in [-0.2, 0) is 4.79 Å². The van der Waals surface area contributed by atoms with Crippen molar-refractivity contribution in [3.8, 4) is 5.75 Å². The van der Waals surface area contributed by atoms with Crippen LogP contribution < -0.4 is 15.6 Å². The van der Waals surface area contributed by atoms with Gasteiger partial charge in [-0.3, -0.25) is 20.4 Å². The Morgan fingerprint density at radius 2 is 1.76 bits per heavy atom. The van der Waals surface area contributed by atoms with Crippen molar-refractivity contribution in [3.05, 3.63) is 63.1 Å². The van der Waals surface area contributed by atoms with E-state index in [0.717, 1.165) is 11.1 Å². The Hall–Kier alpha value is -2.24. The quantitative estimate of drug-likeness (QED) is 0.791. The van der Waals surface area contributed by atoms with E-state index in [2.05, 4.69) is 10.9 Å². The molecule has 0 fully saturated rings. The largest absolute Gasteiger partial charge is 0.481 e. The fourth-order valence-electron chi connectivity index (χ4n) is 2.03. The topological polar surface area (TPSA) is 67.4 Å². The minimum Gasteiger partial charge on any atom is -0.481 e. The predicted molar refractivity (Wildman–Crippen MR) is 98.1 cm³/mol. The van der Waals surface area contributed by atoms with Gasteiger partial charge in [0.2, 0.25) is 0 Å². The van der Waals surface area contributed by atoms with Gasteiger partial charge in [0.15, 0.2) is 6.10 Å². The molecule has 0 bridgehead atoms. The predicted octanol–water partition coefficient (Wildman–Crippen LogP) is 3.84. The Kier molecular flexibility index (Phi) is 6.28. The second-order valence-electron chi connectivity index (χ2n) is 5.53. The number of amides is 2. The number of aryl methyl sites for hydroxylation is 1. The molecule has 1 atom stereocenters. The number of halogens is 2. The monoisotopic (exact) mass is 380 g/mol.